The zero-order valence-corrected chi connectivity index (χ0v) is 11.7. The summed E-state index contributed by atoms with van der Waals surface area (Å²) in [4.78, 5) is 0. The van der Waals surface area contributed by atoms with Crippen molar-refractivity contribution in [1.82, 2.24) is 0 Å². The SMILES string of the molecule is Clc1ccc(/C=C2/C=CCc3ccccc32)c(Cl)c1. The van der Waals surface area contributed by atoms with E-state index in [1.807, 2.05) is 12.1 Å². The van der Waals surface area contributed by atoms with Crippen molar-refractivity contribution in [3.63, 3.8) is 0 Å². The average molecular weight is 287 g/mol. The van der Waals surface area contributed by atoms with Gasteiger partial charge in [-0.2, -0.15) is 0 Å². The molecule has 0 radical (unpaired) electrons. The fourth-order valence-electron chi connectivity index (χ4n) is 2.29. The van der Waals surface area contributed by atoms with Crippen molar-refractivity contribution in [3.8, 4) is 0 Å². The molecule has 19 heavy (non-hydrogen) atoms. The minimum atomic E-state index is 0.659. The van der Waals surface area contributed by atoms with Crippen molar-refractivity contribution in [2.75, 3.05) is 0 Å². The molecule has 0 unspecified atom stereocenters. The van der Waals surface area contributed by atoms with E-state index in [-0.39, 0.29) is 0 Å². The van der Waals surface area contributed by atoms with Crippen LogP contribution in [0.3, 0.4) is 0 Å². The molecule has 0 spiro atoms. The lowest BCUT2D eigenvalue weighted by Crippen LogP contribution is -1.95. The number of rotatable bonds is 1. The number of hydrogen-bond donors (Lipinski definition) is 0. The molecular formula is C17H12Cl2. The minimum Gasteiger partial charge on any atom is -0.0843 e. The quantitative estimate of drug-likeness (QED) is 0.636. The van der Waals surface area contributed by atoms with Gasteiger partial charge in [0.15, 0.2) is 0 Å². The molecule has 0 bridgehead atoms. The van der Waals surface area contributed by atoms with Crippen LogP contribution in [0.1, 0.15) is 16.7 Å². The maximum atomic E-state index is 6.22. The molecule has 0 saturated carbocycles. The zero-order valence-electron chi connectivity index (χ0n) is 10.2. The van der Waals surface area contributed by atoms with Gasteiger partial charge in [0, 0.05) is 10.0 Å². The molecule has 0 fully saturated rings. The van der Waals surface area contributed by atoms with Crippen molar-refractivity contribution in [2.24, 2.45) is 0 Å². The van der Waals surface area contributed by atoms with Gasteiger partial charge < -0.3 is 0 Å². The van der Waals surface area contributed by atoms with Gasteiger partial charge in [0.05, 0.1) is 0 Å². The summed E-state index contributed by atoms with van der Waals surface area (Å²) in [6.45, 7) is 0. The van der Waals surface area contributed by atoms with Gasteiger partial charge in [0.2, 0.25) is 0 Å². The van der Waals surface area contributed by atoms with E-state index in [0.717, 1.165) is 12.0 Å². The smallest absolute Gasteiger partial charge is 0.0493 e. The summed E-state index contributed by atoms with van der Waals surface area (Å²) in [7, 11) is 0. The molecule has 2 aromatic rings. The Morgan fingerprint density at radius 2 is 1.84 bits per heavy atom. The van der Waals surface area contributed by atoms with Crippen LogP contribution in [0, 0.1) is 0 Å². The Balaban J connectivity index is 2.08. The first-order valence-electron chi connectivity index (χ1n) is 6.15. The molecule has 0 heterocycles. The second-order valence-electron chi connectivity index (χ2n) is 4.53. The molecule has 1 aliphatic rings. The zero-order chi connectivity index (χ0) is 13.2. The molecule has 0 aliphatic heterocycles. The molecule has 0 N–H and O–H groups in total. The van der Waals surface area contributed by atoms with Crippen molar-refractivity contribution in [1.29, 1.82) is 0 Å². The summed E-state index contributed by atoms with van der Waals surface area (Å²) in [6.07, 6.45) is 7.42. The lowest BCUT2D eigenvalue weighted by molar-refractivity contribution is 1.23. The molecule has 94 valence electrons. The van der Waals surface area contributed by atoms with E-state index in [2.05, 4.69) is 42.5 Å². The van der Waals surface area contributed by atoms with Crippen LogP contribution in [0.2, 0.25) is 10.0 Å². The number of allylic oxidation sites excluding steroid dienone is 3. The first kappa shape index (κ1) is 12.5. The standard InChI is InChI=1S/C17H12Cl2/c18-15-9-8-14(17(19)11-15)10-13-6-3-5-12-4-1-2-7-16(12)13/h1-4,6-11H,5H2/b13-10-. The van der Waals surface area contributed by atoms with Gasteiger partial charge in [-0.25, -0.2) is 0 Å². The maximum absolute atomic E-state index is 6.22. The van der Waals surface area contributed by atoms with E-state index >= 15 is 0 Å². The van der Waals surface area contributed by atoms with Gasteiger partial charge in [-0.3, -0.25) is 0 Å². The number of hydrogen-bond acceptors (Lipinski definition) is 0. The van der Waals surface area contributed by atoms with Crippen molar-refractivity contribution in [2.45, 2.75) is 6.42 Å². The summed E-state index contributed by atoms with van der Waals surface area (Å²) in [5.41, 5.74) is 4.80. The van der Waals surface area contributed by atoms with Crippen LogP contribution in [0.15, 0.2) is 54.6 Å². The lowest BCUT2D eigenvalue weighted by Gasteiger charge is -2.14. The normalized spacial score (nSPS) is 15.6. The Bertz CT molecular complexity index is 681. The van der Waals surface area contributed by atoms with Crippen LogP contribution >= 0.6 is 23.2 Å². The van der Waals surface area contributed by atoms with Gasteiger partial charge in [0.1, 0.15) is 0 Å². The van der Waals surface area contributed by atoms with E-state index in [4.69, 9.17) is 23.2 Å². The molecule has 0 aromatic heterocycles. The Hall–Kier alpha value is -1.50. The second kappa shape index (κ2) is 5.24. The van der Waals surface area contributed by atoms with Crippen LogP contribution in [0.25, 0.3) is 11.6 Å². The van der Waals surface area contributed by atoms with E-state index < -0.39 is 0 Å². The van der Waals surface area contributed by atoms with E-state index in [1.54, 1.807) is 6.07 Å². The van der Waals surface area contributed by atoms with Crippen LogP contribution in [0.4, 0.5) is 0 Å². The summed E-state index contributed by atoms with van der Waals surface area (Å²) in [5, 5.41) is 1.34. The summed E-state index contributed by atoms with van der Waals surface area (Å²) < 4.78 is 0. The Morgan fingerprint density at radius 3 is 2.68 bits per heavy atom. The second-order valence-corrected chi connectivity index (χ2v) is 5.37. The van der Waals surface area contributed by atoms with Gasteiger partial charge in [0.25, 0.3) is 0 Å². The topological polar surface area (TPSA) is 0 Å². The third kappa shape index (κ3) is 2.60. The van der Waals surface area contributed by atoms with E-state index in [0.29, 0.717) is 10.0 Å². The predicted molar refractivity (Wildman–Crippen MR) is 83.6 cm³/mol. The minimum absolute atomic E-state index is 0.659. The van der Waals surface area contributed by atoms with Gasteiger partial charge in [-0.05, 0) is 46.9 Å². The molecule has 2 aromatic carbocycles. The first-order chi connectivity index (χ1) is 9.24. The number of fused-ring (bicyclic) bond motifs is 1. The van der Waals surface area contributed by atoms with E-state index in [1.165, 1.54) is 16.7 Å². The van der Waals surface area contributed by atoms with Crippen molar-refractivity contribution < 1.29 is 0 Å². The maximum Gasteiger partial charge on any atom is 0.0493 e. The highest BCUT2D eigenvalue weighted by molar-refractivity contribution is 6.35. The van der Waals surface area contributed by atoms with Crippen LogP contribution in [0.5, 0.6) is 0 Å². The van der Waals surface area contributed by atoms with Crippen LogP contribution in [-0.4, -0.2) is 0 Å². The molecule has 1 aliphatic carbocycles. The lowest BCUT2D eigenvalue weighted by atomic mass is 9.91. The first-order valence-corrected chi connectivity index (χ1v) is 6.91. The highest BCUT2D eigenvalue weighted by atomic mass is 35.5. The summed E-state index contributed by atoms with van der Waals surface area (Å²) in [6, 6.07) is 14.0. The highest BCUT2D eigenvalue weighted by Gasteiger charge is 2.09. The molecule has 0 nitrogen and oxygen atoms in total. The Labute approximate surface area is 123 Å². The molecule has 0 saturated heterocycles. The summed E-state index contributed by atoms with van der Waals surface area (Å²) >= 11 is 12.1. The predicted octanol–water partition coefficient (Wildman–Crippen LogP) is 5.65. The Morgan fingerprint density at radius 1 is 1.00 bits per heavy atom. The van der Waals surface area contributed by atoms with Crippen molar-refractivity contribution >= 4 is 34.9 Å². The number of benzene rings is 2. The van der Waals surface area contributed by atoms with Gasteiger partial charge in [-0.15, -0.1) is 0 Å². The van der Waals surface area contributed by atoms with Gasteiger partial charge >= 0.3 is 0 Å². The van der Waals surface area contributed by atoms with Crippen LogP contribution < -0.4 is 0 Å². The van der Waals surface area contributed by atoms with Crippen molar-refractivity contribution in [3.05, 3.63) is 81.4 Å². The van der Waals surface area contributed by atoms with Gasteiger partial charge in [-0.1, -0.05) is 65.7 Å². The molecule has 0 atom stereocenters. The monoisotopic (exact) mass is 286 g/mol. The molecular weight excluding hydrogens is 275 g/mol. The fourth-order valence-corrected chi connectivity index (χ4v) is 2.76. The van der Waals surface area contributed by atoms with Crippen LogP contribution in [-0.2, 0) is 6.42 Å². The third-order valence-corrected chi connectivity index (χ3v) is 3.80. The Kier molecular flexibility index (Phi) is 3.46. The molecule has 3 rings (SSSR count). The summed E-state index contributed by atoms with van der Waals surface area (Å²) in [5.74, 6) is 0. The third-order valence-electron chi connectivity index (χ3n) is 3.24. The molecule has 0 amide bonds. The largest absolute Gasteiger partial charge is 0.0843 e. The fraction of sp³-hybridized carbons (Fsp3) is 0.0588. The average Bonchev–Trinajstić information content (AvgIpc) is 2.42. The molecule has 2 heteroatoms. The number of halogens is 2. The van der Waals surface area contributed by atoms with E-state index in [9.17, 15) is 0 Å². The highest BCUT2D eigenvalue weighted by Crippen LogP contribution is 2.30.